The Balaban J connectivity index is 0.829. The fraction of sp³-hybridized carbons (Fsp3) is 0.400. The lowest BCUT2D eigenvalue weighted by Gasteiger charge is -2.30. The Morgan fingerprint density at radius 2 is 1.36 bits per heavy atom. The van der Waals surface area contributed by atoms with Crippen LogP contribution in [-0.2, 0) is 23.9 Å². The first-order chi connectivity index (χ1) is 27.5. The minimum Gasteiger partial charge on any atom is -0.368 e. The highest BCUT2D eigenvalue weighted by Gasteiger charge is 2.40. The van der Waals surface area contributed by atoms with E-state index in [1.807, 2.05) is 52.5 Å². The summed E-state index contributed by atoms with van der Waals surface area (Å²) in [5.74, 6) is 0.588. The van der Waals surface area contributed by atoms with Gasteiger partial charge in [-0.25, -0.2) is 4.98 Å². The van der Waals surface area contributed by atoms with Crippen LogP contribution in [-0.4, -0.2) is 87.8 Å². The van der Waals surface area contributed by atoms with Crippen LogP contribution in [0.2, 0.25) is 0 Å². The van der Waals surface area contributed by atoms with Crippen LogP contribution in [0.15, 0.2) is 96.3 Å². The molecule has 56 heavy (non-hydrogen) atoms. The number of hydrogen-bond donors (Lipinski definition) is 2. The van der Waals surface area contributed by atoms with Gasteiger partial charge in [-0.15, -0.1) is 0 Å². The first-order valence-corrected chi connectivity index (χ1v) is 20.2. The molecule has 5 atom stereocenters. The molecular formula is C45H48N6O5. The minimum atomic E-state index is -0.779. The molecule has 0 saturated carbocycles. The molecular weight excluding hydrogens is 705 g/mol. The van der Waals surface area contributed by atoms with Gasteiger partial charge in [-0.2, -0.15) is 0 Å². The zero-order valence-corrected chi connectivity index (χ0v) is 31.6. The van der Waals surface area contributed by atoms with Crippen molar-refractivity contribution in [2.24, 2.45) is 4.99 Å². The molecule has 2 N–H and O–H groups in total. The van der Waals surface area contributed by atoms with E-state index in [4.69, 9.17) is 19.5 Å². The molecule has 5 aliphatic rings. The lowest BCUT2D eigenvalue weighted by molar-refractivity contribution is -0.142. The first kappa shape index (κ1) is 36.3. The van der Waals surface area contributed by atoms with E-state index >= 15 is 0 Å². The van der Waals surface area contributed by atoms with E-state index in [9.17, 15) is 14.4 Å². The van der Waals surface area contributed by atoms with Crippen molar-refractivity contribution in [3.8, 4) is 22.4 Å². The van der Waals surface area contributed by atoms with Gasteiger partial charge in [0.2, 0.25) is 11.8 Å². The Hall–Kier alpha value is -5.39. The number of nitrogens with one attached hydrogen (secondary N) is 2. The normalized spacial score (nSPS) is 24.0. The molecule has 288 valence electrons. The van der Waals surface area contributed by atoms with Crippen molar-refractivity contribution in [1.29, 1.82) is 0 Å². The van der Waals surface area contributed by atoms with Gasteiger partial charge in [-0.1, -0.05) is 78.9 Å². The number of benzene rings is 3. The van der Waals surface area contributed by atoms with E-state index in [0.29, 0.717) is 32.6 Å². The van der Waals surface area contributed by atoms with Gasteiger partial charge in [-0.05, 0) is 84.8 Å². The van der Waals surface area contributed by atoms with Crippen LogP contribution in [0.4, 0.5) is 0 Å². The van der Waals surface area contributed by atoms with Gasteiger partial charge >= 0.3 is 0 Å². The summed E-state index contributed by atoms with van der Waals surface area (Å²) < 4.78 is 11.3. The third-order valence-electron chi connectivity index (χ3n) is 12.0. The van der Waals surface area contributed by atoms with Crippen molar-refractivity contribution in [3.63, 3.8) is 0 Å². The van der Waals surface area contributed by atoms with Crippen LogP contribution in [0.3, 0.4) is 0 Å². The number of likely N-dealkylation sites (tertiary alicyclic amines) is 2. The molecule has 9 rings (SSSR count). The summed E-state index contributed by atoms with van der Waals surface area (Å²) in [5, 5.41) is 3.02. The highest BCUT2D eigenvalue weighted by molar-refractivity contribution is 6.04. The fourth-order valence-electron chi connectivity index (χ4n) is 8.97. The summed E-state index contributed by atoms with van der Waals surface area (Å²) in [6.07, 6.45) is 10.5. The number of rotatable bonds is 10. The highest BCUT2D eigenvalue weighted by atomic mass is 16.5. The quantitative estimate of drug-likeness (QED) is 0.184. The molecule has 0 spiro atoms. The number of aliphatic imine (C=N–C) groups is 1. The number of ether oxygens (including phenoxy) is 2. The van der Waals surface area contributed by atoms with Crippen molar-refractivity contribution < 1.29 is 23.9 Å². The number of allylic oxidation sites excluding steroid dienone is 1. The molecule has 4 saturated heterocycles. The van der Waals surface area contributed by atoms with Gasteiger partial charge < -0.3 is 29.6 Å². The number of imidazole rings is 1. The van der Waals surface area contributed by atoms with Crippen LogP contribution < -0.4 is 5.32 Å². The zero-order valence-electron chi connectivity index (χ0n) is 31.6. The van der Waals surface area contributed by atoms with Gasteiger partial charge in [0.25, 0.3) is 5.91 Å². The van der Waals surface area contributed by atoms with Crippen LogP contribution >= 0.6 is 0 Å². The number of amides is 3. The number of aromatic amines is 1. The molecule has 0 aliphatic carbocycles. The van der Waals surface area contributed by atoms with Crippen LogP contribution in [0.25, 0.3) is 28.0 Å². The summed E-state index contributed by atoms with van der Waals surface area (Å²) in [6.45, 7) is 2.60. The molecule has 11 nitrogen and oxygen atoms in total. The highest BCUT2D eigenvalue weighted by Crippen LogP contribution is 2.35. The van der Waals surface area contributed by atoms with E-state index in [0.717, 1.165) is 102 Å². The Kier molecular flexibility index (Phi) is 10.4. The second kappa shape index (κ2) is 16.0. The van der Waals surface area contributed by atoms with Crippen LogP contribution in [0.1, 0.15) is 86.8 Å². The molecule has 0 bridgehead atoms. The molecule has 0 unspecified atom stereocenters. The van der Waals surface area contributed by atoms with E-state index in [1.165, 1.54) is 0 Å². The average Bonchev–Trinajstić information content (AvgIpc) is 4.10. The number of carbonyl (C=O) groups is 3. The molecule has 11 heteroatoms. The zero-order chi connectivity index (χ0) is 38.0. The maximum Gasteiger partial charge on any atom is 0.252 e. The van der Waals surface area contributed by atoms with Gasteiger partial charge in [0, 0.05) is 44.6 Å². The summed E-state index contributed by atoms with van der Waals surface area (Å²) in [7, 11) is 0. The average molecular weight is 753 g/mol. The largest absolute Gasteiger partial charge is 0.368 e. The van der Waals surface area contributed by atoms with Crippen molar-refractivity contribution in [2.45, 2.75) is 88.1 Å². The molecule has 4 fully saturated rings. The number of nitrogens with zero attached hydrogens (tertiary/aromatic N) is 4. The Bertz CT molecular complexity index is 2120. The maximum absolute atomic E-state index is 14.2. The Labute approximate surface area is 327 Å². The van der Waals surface area contributed by atoms with Crippen molar-refractivity contribution in [2.75, 3.05) is 26.3 Å². The van der Waals surface area contributed by atoms with Crippen molar-refractivity contribution >= 4 is 29.0 Å². The lowest BCUT2D eigenvalue weighted by atomic mass is 9.96. The molecule has 6 heterocycles. The van der Waals surface area contributed by atoms with E-state index in [-0.39, 0.29) is 35.9 Å². The molecule has 5 aliphatic heterocycles. The Morgan fingerprint density at radius 3 is 2.05 bits per heavy atom. The summed E-state index contributed by atoms with van der Waals surface area (Å²) in [6, 6.07) is 25.6. The molecule has 3 aromatic carbocycles. The minimum absolute atomic E-state index is 0.0440. The van der Waals surface area contributed by atoms with Crippen LogP contribution in [0, 0.1) is 0 Å². The monoisotopic (exact) mass is 752 g/mol. The summed E-state index contributed by atoms with van der Waals surface area (Å²) in [4.78, 5) is 57.4. The van der Waals surface area contributed by atoms with Gasteiger partial charge in [0.05, 0.1) is 24.0 Å². The van der Waals surface area contributed by atoms with Crippen LogP contribution in [0.5, 0.6) is 0 Å². The van der Waals surface area contributed by atoms with E-state index in [1.54, 1.807) is 0 Å². The third kappa shape index (κ3) is 7.33. The van der Waals surface area contributed by atoms with Crippen molar-refractivity contribution in [1.82, 2.24) is 25.1 Å². The lowest BCUT2D eigenvalue weighted by Crippen LogP contribution is -2.48. The number of carbonyl (C=O) groups excluding carboxylic acids is 3. The molecule has 1 aromatic heterocycles. The number of aromatic nitrogens is 2. The second-order valence-electron chi connectivity index (χ2n) is 15.5. The topological polar surface area (TPSA) is 129 Å². The third-order valence-corrected chi connectivity index (χ3v) is 12.0. The molecule has 0 radical (unpaired) electrons. The molecule has 4 aromatic rings. The maximum atomic E-state index is 14.2. The second-order valence-corrected chi connectivity index (χ2v) is 15.5. The van der Waals surface area contributed by atoms with Gasteiger partial charge in [-0.3, -0.25) is 19.4 Å². The first-order valence-electron chi connectivity index (χ1n) is 20.2. The standard InChI is InChI=1S/C45H48N6O5/c52-43(39-12-6-24-55-39)49-41(33-8-2-1-3-9-33)45(54)50-22-4-10-37(50)35-26-34(27-46-35)31-16-14-29(15-17-31)30-18-20-32(21-19-30)36-28-47-42(48-36)38-11-5-23-51(38)44(53)40-13-7-25-56-40/h1-3,8-9,14-21,27-28,37-41H,4-7,10-13,22-26H2,(H,47,48)(H,49,52)/t37-,38-,39+,40-,41+/m0/s1. The number of H-pyrrole nitrogens is 1. The summed E-state index contributed by atoms with van der Waals surface area (Å²) in [5.41, 5.74) is 8.19. The smallest absolute Gasteiger partial charge is 0.252 e. The number of hydrogen-bond acceptors (Lipinski definition) is 7. The predicted octanol–water partition coefficient (Wildman–Crippen LogP) is 6.80. The predicted molar refractivity (Wildman–Crippen MR) is 213 cm³/mol. The summed E-state index contributed by atoms with van der Waals surface area (Å²) >= 11 is 0. The van der Waals surface area contributed by atoms with Gasteiger partial charge in [0.1, 0.15) is 24.1 Å². The van der Waals surface area contributed by atoms with Gasteiger partial charge in [0.15, 0.2) is 0 Å². The fourth-order valence-corrected chi connectivity index (χ4v) is 8.97. The van der Waals surface area contributed by atoms with E-state index in [2.05, 4.69) is 58.8 Å². The molecule has 3 amide bonds. The van der Waals surface area contributed by atoms with Crippen molar-refractivity contribution in [3.05, 3.63) is 108 Å². The van der Waals surface area contributed by atoms with E-state index < -0.39 is 12.1 Å². The SMILES string of the molecule is O=C(N[C@@H](C(=O)N1CCC[C@H]1C1=NC=C(c2ccc(-c3ccc(-c4cnc([C@@H]5CCCN5C(=O)[C@@H]5CCCO5)[nH]4)cc3)cc2)C1)c1ccccc1)[C@H]1CCCO1. The Morgan fingerprint density at radius 1 is 0.714 bits per heavy atom.